The maximum absolute atomic E-state index is 13.2. The molecule has 1 aromatic heterocycles. The van der Waals surface area contributed by atoms with E-state index in [2.05, 4.69) is 29.9 Å². The zero-order chi connectivity index (χ0) is 16.0. The van der Waals surface area contributed by atoms with Gasteiger partial charge in [-0.3, -0.25) is 0 Å². The molecule has 2 rings (SSSR count). The van der Waals surface area contributed by atoms with Gasteiger partial charge in [0.1, 0.15) is 12.1 Å². The van der Waals surface area contributed by atoms with E-state index in [0.717, 1.165) is 24.0 Å². The molecule has 22 heavy (non-hydrogen) atoms. The van der Waals surface area contributed by atoms with Crippen molar-refractivity contribution in [1.82, 2.24) is 9.97 Å². The molecule has 0 radical (unpaired) electrons. The number of halogens is 1. The number of nitrogens with zero attached hydrogens (tertiary/aromatic N) is 3. The summed E-state index contributed by atoms with van der Waals surface area (Å²) < 4.78 is 13.2. The number of rotatable bonds is 6. The molecular weight excluding hydrogens is 277 g/mol. The van der Waals surface area contributed by atoms with E-state index in [0.29, 0.717) is 12.3 Å². The minimum Gasteiger partial charge on any atom is -0.245 e. The van der Waals surface area contributed by atoms with Crippen LogP contribution in [0.15, 0.2) is 43.0 Å². The third-order valence-corrected chi connectivity index (χ3v) is 3.88. The maximum Gasteiger partial charge on any atom is 0.123 e. The average molecular weight is 297 g/mol. The van der Waals surface area contributed by atoms with Crippen LogP contribution in [-0.4, -0.2) is 9.97 Å². The Morgan fingerprint density at radius 2 is 1.82 bits per heavy atom. The number of hydrogen-bond donors (Lipinski definition) is 0. The highest BCUT2D eigenvalue weighted by molar-refractivity contribution is 5.35. The van der Waals surface area contributed by atoms with Crippen molar-refractivity contribution < 1.29 is 4.39 Å². The van der Waals surface area contributed by atoms with E-state index in [-0.39, 0.29) is 5.82 Å². The molecule has 4 heteroatoms. The molecule has 2 aromatic rings. The maximum atomic E-state index is 13.2. The summed E-state index contributed by atoms with van der Waals surface area (Å²) in [5.41, 5.74) is 1.08. The van der Waals surface area contributed by atoms with Crippen LogP contribution in [-0.2, 0) is 11.8 Å². The summed E-state index contributed by atoms with van der Waals surface area (Å²) in [6.45, 7) is 4.27. The van der Waals surface area contributed by atoms with Gasteiger partial charge in [-0.15, -0.1) is 0 Å². The molecule has 0 aliphatic rings. The molecule has 1 heterocycles. The van der Waals surface area contributed by atoms with Gasteiger partial charge in [0.2, 0.25) is 0 Å². The smallest absolute Gasteiger partial charge is 0.123 e. The quantitative estimate of drug-likeness (QED) is 0.808. The number of benzene rings is 1. The summed E-state index contributed by atoms with van der Waals surface area (Å²) in [6, 6.07) is 8.73. The Kier molecular flexibility index (Phi) is 5.21. The molecule has 1 unspecified atom stereocenters. The van der Waals surface area contributed by atoms with Crippen LogP contribution < -0.4 is 0 Å². The molecule has 0 fully saturated rings. The third-order valence-electron chi connectivity index (χ3n) is 3.88. The first-order valence-electron chi connectivity index (χ1n) is 7.47. The summed E-state index contributed by atoms with van der Waals surface area (Å²) in [7, 11) is 0. The Bertz CT molecular complexity index is 632. The SMILES string of the molecule is CC(C)CCC(C#N)(Cc1cncnc1)c1ccc(F)cc1. The third kappa shape index (κ3) is 3.88. The summed E-state index contributed by atoms with van der Waals surface area (Å²) in [5, 5.41) is 9.89. The Labute approximate surface area is 130 Å². The highest BCUT2D eigenvalue weighted by Gasteiger charge is 2.32. The molecule has 1 atom stereocenters. The molecule has 3 nitrogen and oxygen atoms in total. The van der Waals surface area contributed by atoms with Gasteiger partial charge in [-0.05, 0) is 48.4 Å². The van der Waals surface area contributed by atoms with Gasteiger partial charge in [-0.1, -0.05) is 26.0 Å². The molecule has 0 aliphatic carbocycles. The van der Waals surface area contributed by atoms with Gasteiger partial charge >= 0.3 is 0 Å². The van der Waals surface area contributed by atoms with Crippen molar-refractivity contribution in [1.29, 1.82) is 5.26 Å². The normalized spacial score (nSPS) is 13.6. The van der Waals surface area contributed by atoms with Crippen molar-refractivity contribution in [2.75, 3.05) is 0 Å². The van der Waals surface area contributed by atoms with E-state index in [1.807, 2.05) is 0 Å². The molecule has 0 aliphatic heterocycles. The second-order valence-corrected chi connectivity index (χ2v) is 6.06. The first kappa shape index (κ1) is 16.1. The fourth-order valence-corrected chi connectivity index (χ4v) is 2.57. The Morgan fingerprint density at radius 1 is 1.18 bits per heavy atom. The van der Waals surface area contributed by atoms with Crippen molar-refractivity contribution in [3.8, 4) is 6.07 Å². The van der Waals surface area contributed by atoms with Crippen LogP contribution in [0.2, 0.25) is 0 Å². The monoisotopic (exact) mass is 297 g/mol. The van der Waals surface area contributed by atoms with Crippen molar-refractivity contribution in [3.05, 3.63) is 59.9 Å². The molecular formula is C18H20FN3. The van der Waals surface area contributed by atoms with Crippen LogP contribution in [0.5, 0.6) is 0 Å². The predicted molar refractivity (Wildman–Crippen MR) is 83.5 cm³/mol. The zero-order valence-electron chi connectivity index (χ0n) is 13.0. The summed E-state index contributed by atoms with van der Waals surface area (Å²) in [6.07, 6.45) is 7.13. The number of aromatic nitrogens is 2. The van der Waals surface area contributed by atoms with E-state index in [1.165, 1.54) is 18.5 Å². The predicted octanol–water partition coefficient (Wildman–Crippen LogP) is 4.06. The highest BCUT2D eigenvalue weighted by Crippen LogP contribution is 2.34. The highest BCUT2D eigenvalue weighted by atomic mass is 19.1. The summed E-state index contributed by atoms with van der Waals surface area (Å²) in [4.78, 5) is 8.05. The fourth-order valence-electron chi connectivity index (χ4n) is 2.57. The van der Waals surface area contributed by atoms with Gasteiger partial charge in [0.25, 0.3) is 0 Å². The Hall–Kier alpha value is -2.28. The van der Waals surface area contributed by atoms with E-state index in [1.54, 1.807) is 24.5 Å². The second-order valence-electron chi connectivity index (χ2n) is 6.06. The molecule has 0 bridgehead atoms. The lowest BCUT2D eigenvalue weighted by Gasteiger charge is -2.28. The van der Waals surface area contributed by atoms with Gasteiger partial charge in [0.15, 0.2) is 0 Å². The largest absolute Gasteiger partial charge is 0.245 e. The van der Waals surface area contributed by atoms with Crippen molar-refractivity contribution in [2.24, 2.45) is 5.92 Å². The molecule has 114 valence electrons. The van der Waals surface area contributed by atoms with Crippen molar-refractivity contribution >= 4 is 0 Å². The van der Waals surface area contributed by atoms with E-state index in [9.17, 15) is 9.65 Å². The minimum atomic E-state index is -0.678. The van der Waals surface area contributed by atoms with Crippen LogP contribution in [0, 0.1) is 23.1 Å². The molecule has 0 saturated heterocycles. The van der Waals surface area contributed by atoms with Crippen LogP contribution in [0.3, 0.4) is 0 Å². The van der Waals surface area contributed by atoms with Crippen LogP contribution >= 0.6 is 0 Å². The summed E-state index contributed by atoms with van der Waals surface area (Å²) in [5.74, 6) is 0.211. The standard InChI is InChI=1S/C18H20FN3/c1-14(2)7-8-18(12-20,9-15-10-21-13-22-11-15)16-3-5-17(19)6-4-16/h3-6,10-11,13-14H,7-9H2,1-2H3. The van der Waals surface area contributed by atoms with Gasteiger partial charge in [-0.2, -0.15) is 5.26 Å². The lowest BCUT2D eigenvalue weighted by atomic mass is 9.73. The van der Waals surface area contributed by atoms with Crippen LogP contribution in [0.25, 0.3) is 0 Å². The first-order chi connectivity index (χ1) is 10.6. The van der Waals surface area contributed by atoms with E-state index in [4.69, 9.17) is 0 Å². The lowest BCUT2D eigenvalue weighted by Crippen LogP contribution is -2.28. The topological polar surface area (TPSA) is 49.6 Å². The van der Waals surface area contributed by atoms with Crippen LogP contribution in [0.4, 0.5) is 4.39 Å². The van der Waals surface area contributed by atoms with Gasteiger partial charge in [-0.25, -0.2) is 14.4 Å². The van der Waals surface area contributed by atoms with Gasteiger partial charge in [0.05, 0.1) is 11.5 Å². The molecule has 0 spiro atoms. The average Bonchev–Trinajstić information content (AvgIpc) is 2.53. The zero-order valence-corrected chi connectivity index (χ0v) is 13.0. The minimum absolute atomic E-state index is 0.289. The van der Waals surface area contributed by atoms with Gasteiger partial charge in [0, 0.05) is 12.4 Å². The van der Waals surface area contributed by atoms with E-state index >= 15 is 0 Å². The van der Waals surface area contributed by atoms with Crippen LogP contribution in [0.1, 0.15) is 37.8 Å². The first-order valence-corrected chi connectivity index (χ1v) is 7.47. The Morgan fingerprint density at radius 3 is 2.36 bits per heavy atom. The number of hydrogen-bond acceptors (Lipinski definition) is 3. The van der Waals surface area contributed by atoms with Crippen molar-refractivity contribution in [2.45, 2.75) is 38.5 Å². The van der Waals surface area contributed by atoms with Gasteiger partial charge < -0.3 is 0 Å². The Balaban J connectivity index is 2.38. The molecule has 0 saturated carbocycles. The summed E-state index contributed by atoms with van der Waals surface area (Å²) >= 11 is 0. The van der Waals surface area contributed by atoms with Crippen molar-refractivity contribution in [3.63, 3.8) is 0 Å². The van der Waals surface area contributed by atoms with E-state index < -0.39 is 5.41 Å². The lowest BCUT2D eigenvalue weighted by molar-refractivity contribution is 0.428. The molecule has 1 aromatic carbocycles. The fraction of sp³-hybridized carbons (Fsp3) is 0.389. The molecule has 0 N–H and O–H groups in total. The number of nitriles is 1. The molecule has 0 amide bonds. The second kappa shape index (κ2) is 7.13.